The fourth-order valence-electron chi connectivity index (χ4n) is 1.85. The molecule has 1 heterocycles. The highest BCUT2D eigenvalue weighted by Gasteiger charge is 2.20. The lowest BCUT2D eigenvalue weighted by atomic mass is 9.93. The Labute approximate surface area is 83.4 Å². The summed E-state index contributed by atoms with van der Waals surface area (Å²) in [5.74, 6) is -0.265. The molecule has 1 saturated heterocycles. The highest BCUT2D eigenvalue weighted by molar-refractivity contribution is 5.74. The second-order valence-electron chi connectivity index (χ2n) is 3.77. The zero-order chi connectivity index (χ0) is 10.6. The minimum absolute atomic E-state index is 0.102. The number of aliphatic carboxylic acids is 1. The van der Waals surface area contributed by atoms with Crippen LogP contribution in [0.3, 0.4) is 0 Å². The fourth-order valence-corrected chi connectivity index (χ4v) is 1.85. The molecule has 4 N–H and O–H groups in total. The van der Waals surface area contributed by atoms with Crippen LogP contribution in [0.15, 0.2) is 0 Å². The summed E-state index contributed by atoms with van der Waals surface area (Å²) < 4.78 is 0. The first kappa shape index (κ1) is 10.8. The summed E-state index contributed by atoms with van der Waals surface area (Å²) in [6.07, 6.45) is 2.97. The van der Waals surface area contributed by atoms with Crippen LogP contribution in [0.2, 0.25) is 0 Å². The van der Waals surface area contributed by atoms with Gasteiger partial charge in [0.25, 0.3) is 0 Å². The van der Waals surface area contributed by atoms with E-state index in [9.17, 15) is 4.79 Å². The highest BCUT2D eigenvalue weighted by atomic mass is 16.4. The minimum atomic E-state index is -0.745. The van der Waals surface area contributed by atoms with Gasteiger partial charge in [0, 0.05) is 19.5 Å². The monoisotopic (exact) mass is 199 g/mol. The largest absolute Gasteiger partial charge is 0.481 e. The van der Waals surface area contributed by atoms with Gasteiger partial charge in [-0.1, -0.05) is 0 Å². The third kappa shape index (κ3) is 3.24. The van der Waals surface area contributed by atoms with Gasteiger partial charge >= 0.3 is 5.97 Å². The second kappa shape index (κ2) is 4.83. The number of hydrogen-bond acceptors (Lipinski definition) is 2. The first-order valence-corrected chi connectivity index (χ1v) is 4.90. The molecule has 1 unspecified atom stereocenters. The molecule has 1 atom stereocenters. The number of rotatable bonds is 3. The van der Waals surface area contributed by atoms with Crippen molar-refractivity contribution in [1.29, 1.82) is 5.41 Å². The number of carbonyl (C=O) groups is 1. The van der Waals surface area contributed by atoms with Gasteiger partial charge in [-0.05, 0) is 25.2 Å². The average molecular weight is 199 g/mol. The van der Waals surface area contributed by atoms with Crippen molar-refractivity contribution < 1.29 is 9.90 Å². The Kier molecular flexibility index (Phi) is 3.73. The third-order valence-electron chi connectivity index (χ3n) is 2.63. The number of guanidine groups is 1. The van der Waals surface area contributed by atoms with Crippen molar-refractivity contribution in [2.24, 2.45) is 11.7 Å². The van der Waals surface area contributed by atoms with Crippen LogP contribution >= 0.6 is 0 Å². The van der Waals surface area contributed by atoms with E-state index in [1.165, 1.54) is 0 Å². The molecule has 1 aliphatic rings. The molecule has 0 aliphatic carbocycles. The first-order valence-electron chi connectivity index (χ1n) is 4.90. The van der Waals surface area contributed by atoms with Crippen LogP contribution in [-0.2, 0) is 4.79 Å². The smallest absolute Gasteiger partial charge is 0.303 e. The lowest BCUT2D eigenvalue weighted by Crippen LogP contribution is -2.43. The number of carboxylic acids is 1. The van der Waals surface area contributed by atoms with Gasteiger partial charge in [0.15, 0.2) is 5.96 Å². The number of likely N-dealkylation sites (tertiary alicyclic amines) is 1. The van der Waals surface area contributed by atoms with E-state index in [0.29, 0.717) is 12.3 Å². The van der Waals surface area contributed by atoms with Crippen molar-refractivity contribution in [3.8, 4) is 0 Å². The SMILES string of the molecule is N=C(N)N1CCCC(CCC(=O)O)C1. The van der Waals surface area contributed by atoms with Gasteiger partial charge in [0.2, 0.25) is 0 Å². The van der Waals surface area contributed by atoms with E-state index in [1.807, 2.05) is 4.90 Å². The molecule has 80 valence electrons. The fraction of sp³-hybridized carbons (Fsp3) is 0.778. The van der Waals surface area contributed by atoms with E-state index in [0.717, 1.165) is 25.9 Å². The molecule has 0 aromatic carbocycles. The Hall–Kier alpha value is -1.26. The third-order valence-corrected chi connectivity index (χ3v) is 2.63. The topological polar surface area (TPSA) is 90.4 Å². The maximum Gasteiger partial charge on any atom is 0.303 e. The molecule has 0 aromatic rings. The first-order chi connectivity index (χ1) is 6.59. The van der Waals surface area contributed by atoms with Crippen LogP contribution in [0, 0.1) is 11.3 Å². The Balaban J connectivity index is 2.32. The van der Waals surface area contributed by atoms with E-state index in [4.69, 9.17) is 16.2 Å². The van der Waals surface area contributed by atoms with Gasteiger partial charge in [0.05, 0.1) is 0 Å². The zero-order valence-corrected chi connectivity index (χ0v) is 8.20. The summed E-state index contributed by atoms with van der Waals surface area (Å²) in [7, 11) is 0. The molecule has 1 rings (SSSR count). The van der Waals surface area contributed by atoms with E-state index in [1.54, 1.807) is 0 Å². The number of nitrogens with zero attached hydrogens (tertiary/aromatic N) is 1. The molecular formula is C9H17N3O2. The van der Waals surface area contributed by atoms with Crippen LogP contribution in [0.4, 0.5) is 0 Å². The Morgan fingerprint density at radius 2 is 2.36 bits per heavy atom. The van der Waals surface area contributed by atoms with Crippen molar-refractivity contribution in [1.82, 2.24) is 4.90 Å². The molecule has 1 fully saturated rings. The lowest BCUT2D eigenvalue weighted by molar-refractivity contribution is -0.137. The van der Waals surface area contributed by atoms with E-state index >= 15 is 0 Å². The molecule has 5 nitrogen and oxygen atoms in total. The number of nitrogens with one attached hydrogen (secondary N) is 1. The maximum absolute atomic E-state index is 10.4. The standard InChI is InChI=1S/C9H17N3O2/c10-9(11)12-5-1-2-7(6-12)3-4-8(13)14/h7H,1-6H2,(H3,10,11)(H,13,14). The van der Waals surface area contributed by atoms with Crippen LogP contribution in [0.25, 0.3) is 0 Å². The van der Waals surface area contributed by atoms with Gasteiger partial charge < -0.3 is 15.7 Å². The normalized spacial score (nSPS) is 22.0. The predicted molar refractivity (Wildman–Crippen MR) is 53.1 cm³/mol. The van der Waals surface area contributed by atoms with Crippen LogP contribution < -0.4 is 5.73 Å². The van der Waals surface area contributed by atoms with Gasteiger partial charge in [-0.25, -0.2) is 0 Å². The summed E-state index contributed by atoms with van der Waals surface area (Å²) >= 11 is 0. The van der Waals surface area contributed by atoms with Gasteiger partial charge in [-0.2, -0.15) is 0 Å². The number of carboxylic acid groups (broad SMARTS) is 1. The number of nitrogens with two attached hydrogens (primary N) is 1. The number of hydrogen-bond donors (Lipinski definition) is 3. The van der Waals surface area contributed by atoms with Crippen molar-refractivity contribution >= 4 is 11.9 Å². The molecule has 0 saturated carbocycles. The van der Waals surface area contributed by atoms with Gasteiger partial charge in [-0.15, -0.1) is 0 Å². The van der Waals surface area contributed by atoms with E-state index in [2.05, 4.69) is 0 Å². The summed E-state index contributed by atoms with van der Waals surface area (Å²) in [5, 5.41) is 15.8. The van der Waals surface area contributed by atoms with Crippen molar-refractivity contribution in [2.45, 2.75) is 25.7 Å². The Bertz CT molecular complexity index is 230. The van der Waals surface area contributed by atoms with Crippen LogP contribution in [0.1, 0.15) is 25.7 Å². The zero-order valence-electron chi connectivity index (χ0n) is 8.20. The Morgan fingerprint density at radius 1 is 1.64 bits per heavy atom. The van der Waals surface area contributed by atoms with Gasteiger partial charge in [0.1, 0.15) is 0 Å². The molecular weight excluding hydrogens is 182 g/mol. The molecule has 0 bridgehead atoms. The molecule has 0 spiro atoms. The summed E-state index contributed by atoms with van der Waals surface area (Å²) in [5.41, 5.74) is 5.38. The predicted octanol–water partition coefficient (Wildman–Crippen LogP) is 0.457. The minimum Gasteiger partial charge on any atom is -0.481 e. The summed E-state index contributed by atoms with van der Waals surface area (Å²) in [6.45, 7) is 1.57. The van der Waals surface area contributed by atoms with E-state index < -0.39 is 5.97 Å². The highest BCUT2D eigenvalue weighted by Crippen LogP contribution is 2.20. The summed E-state index contributed by atoms with van der Waals surface area (Å²) in [6, 6.07) is 0. The van der Waals surface area contributed by atoms with Gasteiger partial charge in [-0.3, -0.25) is 10.2 Å². The second-order valence-corrected chi connectivity index (χ2v) is 3.77. The summed E-state index contributed by atoms with van der Waals surface area (Å²) in [4.78, 5) is 12.2. The lowest BCUT2D eigenvalue weighted by Gasteiger charge is -2.32. The average Bonchev–Trinajstić information content (AvgIpc) is 2.15. The molecule has 5 heteroatoms. The van der Waals surface area contributed by atoms with Crippen molar-refractivity contribution in [3.63, 3.8) is 0 Å². The quantitative estimate of drug-likeness (QED) is 0.455. The molecule has 0 amide bonds. The van der Waals surface area contributed by atoms with Crippen molar-refractivity contribution in [2.75, 3.05) is 13.1 Å². The molecule has 14 heavy (non-hydrogen) atoms. The van der Waals surface area contributed by atoms with E-state index in [-0.39, 0.29) is 12.4 Å². The maximum atomic E-state index is 10.4. The number of piperidine rings is 1. The van der Waals surface area contributed by atoms with Crippen molar-refractivity contribution in [3.05, 3.63) is 0 Å². The molecule has 1 aliphatic heterocycles. The van der Waals surface area contributed by atoms with Crippen LogP contribution in [-0.4, -0.2) is 35.0 Å². The molecule has 0 aromatic heterocycles. The molecule has 0 radical (unpaired) electrons. The Morgan fingerprint density at radius 3 is 2.93 bits per heavy atom. The van der Waals surface area contributed by atoms with Crippen LogP contribution in [0.5, 0.6) is 0 Å².